The molecule has 0 spiro atoms. The average Bonchev–Trinajstić information content (AvgIpc) is 2.53. The molecule has 0 radical (unpaired) electrons. The van der Waals surface area contributed by atoms with Gasteiger partial charge in [-0.1, -0.05) is 18.2 Å². The molecule has 0 fully saturated rings. The predicted molar refractivity (Wildman–Crippen MR) is 80.8 cm³/mol. The van der Waals surface area contributed by atoms with E-state index in [1.807, 2.05) is 0 Å². The molecule has 0 atom stereocenters. The third-order valence-electron chi connectivity index (χ3n) is 2.79. The molecule has 0 aliphatic heterocycles. The Morgan fingerprint density at radius 1 is 0.952 bits per heavy atom. The molecular formula is C15H15NO4S. The van der Waals surface area contributed by atoms with Gasteiger partial charge < -0.3 is 9.47 Å². The number of nitrogens with zero attached hydrogens (tertiary/aromatic N) is 1. The first-order valence-electron chi connectivity index (χ1n) is 6.14. The van der Waals surface area contributed by atoms with E-state index in [1.165, 1.54) is 32.6 Å². The van der Waals surface area contributed by atoms with Gasteiger partial charge in [0.05, 0.1) is 19.1 Å². The highest BCUT2D eigenvalue weighted by molar-refractivity contribution is 7.90. The molecule has 0 heterocycles. The number of sulfonamides is 1. The van der Waals surface area contributed by atoms with Crippen molar-refractivity contribution in [1.29, 1.82) is 0 Å². The van der Waals surface area contributed by atoms with Gasteiger partial charge in [-0.15, -0.1) is 0 Å². The van der Waals surface area contributed by atoms with Crippen LogP contribution in [0.5, 0.6) is 11.5 Å². The molecule has 0 N–H and O–H groups in total. The minimum Gasteiger partial charge on any atom is -0.493 e. The molecule has 110 valence electrons. The number of rotatable bonds is 5. The van der Waals surface area contributed by atoms with Crippen LogP contribution >= 0.6 is 0 Å². The van der Waals surface area contributed by atoms with Crippen molar-refractivity contribution in [3.05, 3.63) is 54.1 Å². The Labute approximate surface area is 123 Å². The Balaban J connectivity index is 2.29. The van der Waals surface area contributed by atoms with Crippen molar-refractivity contribution in [2.45, 2.75) is 4.90 Å². The van der Waals surface area contributed by atoms with Crippen molar-refractivity contribution in [2.75, 3.05) is 14.2 Å². The Kier molecular flexibility index (Phi) is 4.59. The second-order valence-electron chi connectivity index (χ2n) is 4.14. The van der Waals surface area contributed by atoms with Gasteiger partial charge in [0.2, 0.25) is 0 Å². The first-order valence-corrected chi connectivity index (χ1v) is 7.58. The van der Waals surface area contributed by atoms with Gasteiger partial charge in [0.25, 0.3) is 10.0 Å². The van der Waals surface area contributed by atoms with E-state index in [1.54, 1.807) is 36.4 Å². The summed E-state index contributed by atoms with van der Waals surface area (Å²) in [5.41, 5.74) is 0.604. The molecule has 21 heavy (non-hydrogen) atoms. The summed E-state index contributed by atoms with van der Waals surface area (Å²) < 4.78 is 38.0. The normalized spacial score (nSPS) is 11.5. The molecule has 2 aromatic carbocycles. The van der Waals surface area contributed by atoms with Gasteiger partial charge in [-0.2, -0.15) is 12.8 Å². The van der Waals surface area contributed by atoms with Crippen molar-refractivity contribution in [2.24, 2.45) is 4.40 Å². The number of benzene rings is 2. The van der Waals surface area contributed by atoms with Gasteiger partial charge in [0.1, 0.15) is 0 Å². The maximum absolute atomic E-state index is 12.0. The highest BCUT2D eigenvalue weighted by Gasteiger charge is 2.10. The zero-order valence-electron chi connectivity index (χ0n) is 11.7. The molecule has 0 unspecified atom stereocenters. The third kappa shape index (κ3) is 3.61. The average molecular weight is 305 g/mol. The van der Waals surface area contributed by atoms with E-state index in [0.717, 1.165) is 0 Å². The van der Waals surface area contributed by atoms with E-state index in [0.29, 0.717) is 17.1 Å². The highest BCUT2D eigenvalue weighted by Crippen LogP contribution is 2.27. The molecule has 5 nitrogen and oxygen atoms in total. The summed E-state index contributed by atoms with van der Waals surface area (Å²) in [7, 11) is -0.650. The topological polar surface area (TPSA) is 65.0 Å². The lowest BCUT2D eigenvalue weighted by Crippen LogP contribution is -1.98. The van der Waals surface area contributed by atoms with Gasteiger partial charge in [-0.3, -0.25) is 0 Å². The van der Waals surface area contributed by atoms with Crippen molar-refractivity contribution in [1.82, 2.24) is 0 Å². The van der Waals surface area contributed by atoms with E-state index >= 15 is 0 Å². The summed E-state index contributed by atoms with van der Waals surface area (Å²) in [6.07, 6.45) is 1.28. The van der Waals surface area contributed by atoms with Crippen molar-refractivity contribution in [3.8, 4) is 11.5 Å². The van der Waals surface area contributed by atoms with Crippen molar-refractivity contribution >= 4 is 16.2 Å². The van der Waals surface area contributed by atoms with Crippen LogP contribution in [0.3, 0.4) is 0 Å². The van der Waals surface area contributed by atoms with Gasteiger partial charge in [0.15, 0.2) is 11.5 Å². The zero-order chi connectivity index (χ0) is 15.3. The first kappa shape index (κ1) is 15.1. The summed E-state index contributed by atoms with van der Waals surface area (Å²) in [5, 5.41) is 0. The van der Waals surface area contributed by atoms with Gasteiger partial charge in [0, 0.05) is 6.21 Å². The fourth-order valence-electron chi connectivity index (χ4n) is 1.72. The first-order chi connectivity index (χ1) is 10.1. The largest absolute Gasteiger partial charge is 0.493 e. The summed E-state index contributed by atoms with van der Waals surface area (Å²) in [4.78, 5) is 0.154. The van der Waals surface area contributed by atoms with Gasteiger partial charge >= 0.3 is 0 Å². The van der Waals surface area contributed by atoms with Gasteiger partial charge in [-0.25, -0.2) is 0 Å². The molecule has 0 aliphatic rings. The van der Waals surface area contributed by atoms with Crippen LogP contribution in [0, 0.1) is 0 Å². The second kappa shape index (κ2) is 6.41. The molecule has 2 rings (SSSR count). The molecule has 0 amide bonds. The molecule has 0 aromatic heterocycles. The summed E-state index contributed by atoms with van der Waals surface area (Å²) >= 11 is 0. The van der Waals surface area contributed by atoms with E-state index < -0.39 is 10.0 Å². The number of methoxy groups -OCH3 is 2. The second-order valence-corrected chi connectivity index (χ2v) is 5.77. The van der Waals surface area contributed by atoms with Crippen LogP contribution in [0.4, 0.5) is 0 Å². The zero-order valence-corrected chi connectivity index (χ0v) is 12.5. The van der Waals surface area contributed by atoms with Crippen LogP contribution in [-0.4, -0.2) is 28.9 Å². The van der Waals surface area contributed by atoms with E-state index in [2.05, 4.69) is 4.40 Å². The lowest BCUT2D eigenvalue weighted by atomic mass is 10.2. The molecule has 0 saturated carbocycles. The minimum atomic E-state index is -3.70. The van der Waals surface area contributed by atoms with Crippen LogP contribution in [-0.2, 0) is 10.0 Å². The lowest BCUT2D eigenvalue weighted by molar-refractivity contribution is 0.355. The molecule has 6 heteroatoms. The van der Waals surface area contributed by atoms with Crippen LogP contribution in [0.15, 0.2) is 57.8 Å². The number of hydrogen-bond donors (Lipinski definition) is 0. The van der Waals surface area contributed by atoms with Crippen molar-refractivity contribution < 1.29 is 17.9 Å². The summed E-state index contributed by atoms with van der Waals surface area (Å²) in [5.74, 6) is 1.08. The van der Waals surface area contributed by atoms with E-state index in [9.17, 15) is 8.42 Å². The monoisotopic (exact) mass is 305 g/mol. The van der Waals surface area contributed by atoms with Crippen molar-refractivity contribution in [3.63, 3.8) is 0 Å². The molecule has 0 aliphatic carbocycles. The van der Waals surface area contributed by atoms with Crippen LogP contribution in [0.25, 0.3) is 0 Å². The molecular weight excluding hydrogens is 290 g/mol. The number of ether oxygens (including phenoxy) is 2. The Hall–Kier alpha value is -2.34. The Morgan fingerprint density at radius 3 is 2.24 bits per heavy atom. The summed E-state index contributed by atoms with van der Waals surface area (Å²) in [6, 6.07) is 13.1. The van der Waals surface area contributed by atoms with Gasteiger partial charge in [-0.05, 0) is 35.9 Å². The van der Waals surface area contributed by atoms with Crippen LogP contribution in [0.2, 0.25) is 0 Å². The van der Waals surface area contributed by atoms with Crippen LogP contribution < -0.4 is 9.47 Å². The maximum Gasteiger partial charge on any atom is 0.282 e. The van der Waals surface area contributed by atoms with E-state index in [4.69, 9.17) is 9.47 Å². The lowest BCUT2D eigenvalue weighted by Gasteiger charge is -2.07. The smallest absolute Gasteiger partial charge is 0.282 e. The fourth-order valence-corrected chi connectivity index (χ4v) is 2.60. The summed E-state index contributed by atoms with van der Waals surface area (Å²) in [6.45, 7) is 0. The SMILES string of the molecule is COc1ccc(/C=N/S(=O)(=O)c2ccccc2)cc1OC. The predicted octanol–water partition coefficient (Wildman–Crippen LogP) is 2.51. The Bertz CT molecular complexity index is 740. The fraction of sp³-hybridized carbons (Fsp3) is 0.133. The highest BCUT2D eigenvalue weighted by atomic mass is 32.2. The van der Waals surface area contributed by atoms with Crippen LogP contribution in [0.1, 0.15) is 5.56 Å². The third-order valence-corrected chi connectivity index (χ3v) is 4.04. The quantitative estimate of drug-likeness (QED) is 0.796. The number of hydrogen-bond acceptors (Lipinski definition) is 4. The minimum absolute atomic E-state index is 0.154. The standard InChI is InChI=1S/C15H15NO4S/c1-19-14-9-8-12(10-15(14)20-2)11-16-21(17,18)13-6-4-3-5-7-13/h3-11H,1-2H3/b16-11+. The molecule has 0 saturated heterocycles. The molecule has 2 aromatic rings. The van der Waals surface area contributed by atoms with E-state index in [-0.39, 0.29) is 4.90 Å². The Morgan fingerprint density at radius 2 is 1.62 bits per heavy atom. The molecule has 0 bridgehead atoms. The maximum atomic E-state index is 12.0.